The predicted molar refractivity (Wildman–Crippen MR) is 84.0 cm³/mol. The second-order valence-corrected chi connectivity index (χ2v) is 4.47. The lowest BCUT2D eigenvalue weighted by Crippen LogP contribution is -1.90. The number of halogens is 1. The number of nitrogens with zero attached hydrogens (tertiary/aromatic N) is 2. The summed E-state index contributed by atoms with van der Waals surface area (Å²) in [5.74, 6) is 0.0877. The van der Waals surface area contributed by atoms with Gasteiger partial charge in [0.05, 0.1) is 19.5 Å². The third kappa shape index (κ3) is 4.24. The highest BCUT2D eigenvalue weighted by molar-refractivity contribution is 5.83. The molecule has 0 spiro atoms. The van der Waals surface area contributed by atoms with Crippen LogP contribution in [0.3, 0.4) is 0 Å². The Balaban J connectivity index is 2.02. The number of hydrogen-bond donors (Lipinski definition) is 0. The summed E-state index contributed by atoms with van der Waals surface area (Å²) >= 11 is 0. The average Bonchev–Trinajstić information content (AvgIpc) is 2.53. The van der Waals surface area contributed by atoms with E-state index in [1.807, 2.05) is 24.3 Å². The van der Waals surface area contributed by atoms with Gasteiger partial charge in [-0.05, 0) is 29.7 Å². The summed E-state index contributed by atoms with van der Waals surface area (Å²) in [4.78, 5) is 0. The minimum absolute atomic E-state index is 0.370. The van der Waals surface area contributed by atoms with Crippen molar-refractivity contribution in [2.24, 2.45) is 10.2 Å². The van der Waals surface area contributed by atoms with Gasteiger partial charge in [0.25, 0.3) is 0 Å². The van der Waals surface area contributed by atoms with Gasteiger partial charge in [-0.3, -0.25) is 0 Å². The molecule has 0 saturated carbocycles. The minimum Gasteiger partial charge on any atom is -0.497 e. The van der Waals surface area contributed by atoms with Gasteiger partial charge in [0.2, 0.25) is 0 Å². The highest BCUT2D eigenvalue weighted by Crippen LogP contribution is 2.14. The average molecular weight is 284 g/mol. The Hall–Kier alpha value is -2.49. The van der Waals surface area contributed by atoms with Gasteiger partial charge in [-0.1, -0.05) is 31.2 Å². The number of ether oxygens (including phenoxy) is 1. The molecule has 0 atom stereocenters. The molecule has 0 N–H and O–H groups in total. The molecule has 0 heterocycles. The molecule has 4 heteroatoms. The standard InChI is InChI=1S/C17H17FN2O/c1-3-13-4-6-14(7-5-13)11-19-20-12-15-8-9-16(21-2)10-17(15)18/h4-12H,3H2,1-2H3. The van der Waals surface area contributed by atoms with Crippen LogP contribution in [0.2, 0.25) is 0 Å². The Morgan fingerprint density at radius 1 is 1.05 bits per heavy atom. The zero-order valence-corrected chi connectivity index (χ0v) is 12.1. The third-order valence-corrected chi connectivity index (χ3v) is 3.07. The third-order valence-electron chi connectivity index (χ3n) is 3.07. The van der Waals surface area contributed by atoms with Gasteiger partial charge in [0, 0.05) is 11.6 Å². The number of methoxy groups -OCH3 is 1. The summed E-state index contributed by atoms with van der Waals surface area (Å²) in [5, 5.41) is 7.78. The first kappa shape index (κ1) is 14.9. The van der Waals surface area contributed by atoms with Crippen molar-refractivity contribution in [1.29, 1.82) is 0 Å². The lowest BCUT2D eigenvalue weighted by atomic mass is 10.1. The van der Waals surface area contributed by atoms with Crippen LogP contribution < -0.4 is 4.74 Å². The zero-order valence-electron chi connectivity index (χ0n) is 12.1. The molecular formula is C17H17FN2O. The first-order chi connectivity index (χ1) is 10.2. The van der Waals surface area contributed by atoms with Crippen LogP contribution in [0.5, 0.6) is 5.75 Å². The Kier molecular flexibility index (Phi) is 5.21. The quantitative estimate of drug-likeness (QED) is 0.606. The lowest BCUT2D eigenvalue weighted by molar-refractivity contribution is 0.411. The van der Waals surface area contributed by atoms with E-state index in [4.69, 9.17) is 4.74 Å². The topological polar surface area (TPSA) is 34.0 Å². The molecule has 0 fully saturated rings. The van der Waals surface area contributed by atoms with E-state index in [9.17, 15) is 4.39 Å². The molecule has 0 saturated heterocycles. The fourth-order valence-corrected chi connectivity index (χ4v) is 1.77. The van der Waals surface area contributed by atoms with Crippen LogP contribution in [0.15, 0.2) is 52.7 Å². The highest BCUT2D eigenvalue weighted by Gasteiger charge is 2.00. The second kappa shape index (κ2) is 7.33. The molecule has 21 heavy (non-hydrogen) atoms. The van der Waals surface area contributed by atoms with Gasteiger partial charge in [-0.15, -0.1) is 0 Å². The van der Waals surface area contributed by atoms with Crippen molar-refractivity contribution >= 4 is 12.4 Å². The van der Waals surface area contributed by atoms with Crippen molar-refractivity contribution in [1.82, 2.24) is 0 Å². The van der Waals surface area contributed by atoms with Crippen molar-refractivity contribution in [3.63, 3.8) is 0 Å². The Labute approximate surface area is 123 Å². The molecule has 2 rings (SSSR count). The van der Waals surface area contributed by atoms with Crippen molar-refractivity contribution in [2.75, 3.05) is 7.11 Å². The smallest absolute Gasteiger partial charge is 0.135 e. The van der Waals surface area contributed by atoms with Crippen LogP contribution in [0.4, 0.5) is 4.39 Å². The van der Waals surface area contributed by atoms with E-state index in [2.05, 4.69) is 17.1 Å². The molecule has 0 aliphatic carbocycles. The summed E-state index contributed by atoms with van der Waals surface area (Å²) in [6, 6.07) is 12.6. The molecule has 0 bridgehead atoms. The Morgan fingerprint density at radius 3 is 2.38 bits per heavy atom. The van der Waals surface area contributed by atoms with E-state index in [1.54, 1.807) is 18.3 Å². The molecule has 0 radical (unpaired) electrons. The predicted octanol–water partition coefficient (Wildman–Crippen LogP) is 3.85. The molecule has 0 aliphatic heterocycles. The molecule has 108 valence electrons. The molecule has 0 aromatic heterocycles. The largest absolute Gasteiger partial charge is 0.497 e. The maximum Gasteiger partial charge on any atom is 0.135 e. The summed E-state index contributed by atoms with van der Waals surface area (Å²) < 4.78 is 18.6. The van der Waals surface area contributed by atoms with E-state index in [-0.39, 0.29) is 5.82 Å². The molecule has 3 nitrogen and oxygen atoms in total. The molecule has 0 amide bonds. The first-order valence-corrected chi connectivity index (χ1v) is 6.72. The van der Waals surface area contributed by atoms with Gasteiger partial charge in [0.1, 0.15) is 11.6 Å². The number of aryl methyl sites for hydroxylation is 1. The molecule has 2 aromatic carbocycles. The van der Waals surface area contributed by atoms with Crippen LogP contribution in [0, 0.1) is 5.82 Å². The van der Waals surface area contributed by atoms with Crippen LogP contribution in [-0.4, -0.2) is 19.5 Å². The van der Waals surface area contributed by atoms with E-state index in [0.717, 1.165) is 12.0 Å². The van der Waals surface area contributed by atoms with Crippen molar-refractivity contribution in [2.45, 2.75) is 13.3 Å². The van der Waals surface area contributed by atoms with Gasteiger partial charge >= 0.3 is 0 Å². The Bertz CT molecular complexity index is 648. The summed E-state index contributed by atoms with van der Waals surface area (Å²) in [6.45, 7) is 2.11. The van der Waals surface area contributed by atoms with Gasteiger partial charge in [0.15, 0.2) is 0 Å². The van der Waals surface area contributed by atoms with Gasteiger partial charge in [-0.2, -0.15) is 10.2 Å². The van der Waals surface area contributed by atoms with Crippen molar-refractivity contribution < 1.29 is 9.13 Å². The fourth-order valence-electron chi connectivity index (χ4n) is 1.77. The van der Waals surface area contributed by atoms with E-state index in [1.165, 1.54) is 25.0 Å². The van der Waals surface area contributed by atoms with Gasteiger partial charge in [-0.25, -0.2) is 4.39 Å². The zero-order chi connectivity index (χ0) is 15.1. The molecular weight excluding hydrogens is 267 g/mol. The minimum atomic E-state index is -0.388. The van der Waals surface area contributed by atoms with Gasteiger partial charge < -0.3 is 4.74 Å². The van der Waals surface area contributed by atoms with E-state index in [0.29, 0.717) is 11.3 Å². The SMILES string of the molecule is CCc1ccc(C=NN=Cc2ccc(OC)cc2F)cc1. The van der Waals surface area contributed by atoms with Crippen molar-refractivity contribution in [3.05, 3.63) is 65.0 Å². The summed E-state index contributed by atoms with van der Waals surface area (Å²) in [7, 11) is 1.50. The Morgan fingerprint density at radius 2 is 1.76 bits per heavy atom. The van der Waals surface area contributed by atoms with Crippen molar-refractivity contribution in [3.8, 4) is 5.75 Å². The normalized spacial score (nSPS) is 11.4. The molecule has 2 aromatic rings. The maximum atomic E-state index is 13.6. The van der Waals surface area contributed by atoms with Crippen LogP contribution >= 0.6 is 0 Å². The summed E-state index contributed by atoms with van der Waals surface area (Å²) in [5.41, 5.74) is 2.60. The lowest BCUT2D eigenvalue weighted by Gasteiger charge is -2.00. The van der Waals surface area contributed by atoms with Crippen LogP contribution in [0.25, 0.3) is 0 Å². The number of rotatable bonds is 5. The summed E-state index contributed by atoms with van der Waals surface area (Å²) in [6.07, 6.45) is 4.02. The maximum absolute atomic E-state index is 13.6. The second-order valence-electron chi connectivity index (χ2n) is 4.47. The highest BCUT2D eigenvalue weighted by atomic mass is 19.1. The van der Waals surface area contributed by atoms with E-state index < -0.39 is 0 Å². The first-order valence-electron chi connectivity index (χ1n) is 6.72. The van der Waals surface area contributed by atoms with E-state index >= 15 is 0 Å². The molecule has 0 unspecified atom stereocenters. The number of hydrogen-bond acceptors (Lipinski definition) is 3. The van der Waals surface area contributed by atoms with Crippen LogP contribution in [0.1, 0.15) is 23.6 Å². The van der Waals surface area contributed by atoms with Crippen LogP contribution in [-0.2, 0) is 6.42 Å². The monoisotopic (exact) mass is 284 g/mol. The molecule has 0 aliphatic rings. The number of benzene rings is 2. The fraction of sp³-hybridized carbons (Fsp3) is 0.176.